The fourth-order valence-electron chi connectivity index (χ4n) is 5.06. The standard InChI is InChI=1S/C16H21NO2/c1-10-8-11-12-4-2-6-17-7-3-5-13(15(19)14(11)18)16(12,17)9-10/h4,8,11,13-14,18H,2-3,5-7,9H2,1H3/t11-,13-,14+,16-/m1/s1. The minimum atomic E-state index is -0.808. The van der Waals surface area contributed by atoms with Gasteiger partial charge >= 0.3 is 0 Å². The molecule has 0 radical (unpaired) electrons. The van der Waals surface area contributed by atoms with Crippen molar-refractivity contribution in [1.29, 1.82) is 0 Å². The van der Waals surface area contributed by atoms with Crippen LogP contribution in [0.4, 0.5) is 0 Å². The lowest BCUT2D eigenvalue weighted by Crippen LogP contribution is -2.69. The highest BCUT2D eigenvalue weighted by molar-refractivity contribution is 5.90. The normalized spacial score (nSPS) is 45.4. The first-order chi connectivity index (χ1) is 9.14. The SMILES string of the molecule is CC1=C[C@@H]2C3=CCCN4CCC[C@H](C(=O)[C@H]2O)[C@@]34C1. The van der Waals surface area contributed by atoms with Crippen LogP contribution in [0.2, 0.25) is 0 Å². The van der Waals surface area contributed by atoms with E-state index in [1.54, 1.807) is 0 Å². The van der Waals surface area contributed by atoms with Gasteiger partial charge in [-0.2, -0.15) is 0 Å². The van der Waals surface area contributed by atoms with Crippen molar-refractivity contribution in [2.45, 2.75) is 44.2 Å². The Kier molecular flexibility index (Phi) is 2.37. The van der Waals surface area contributed by atoms with Crippen LogP contribution >= 0.6 is 0 Å². The summed E-state index contributed by atoms with van der Waals surface area (Å²) in [7, 11) is 0. The molecule has 0 unspecified atom stereocenters. The first-order valence-corrected chi connectivity index (χ1v) is 7.49. The number of hydrogen-bond donors (Lipinski definition) is 1. The lowest BCUT2D eigenvalue weighted by molar-refractivity contribution is -0.147. The quantitative estimate of drug-likeness (QED) is 0.673. The molecule has 1 saturated carbocycles. The maximum Gasteiger partial charge on any atom is 0.167 e. The summed E-state index contributed by atoms with van der Waals surface area (Å²) in [5.74, 6) is 0.0543. The minimum Gasteiger partial charge on any atom is -0.384 e. The van der Waals surface area contributed by atoms with Gasteiger partial charge in [0.2, 0.25) is 0 Å². The molecule has 4 rings (SSSR count). The van der Waals surface area contributed by atoms with E-state index in [1.807, 2.05) is 0 Å². The number of ketones is 1. The van der Waals surface area contributed by atoms with Crippen molar-refractivity contribution >= 4 is 5.78 Å². The van der Waals surface area contributed by atoms with E-state index in [1.165, 1.54) is 11.1 Å². The fourth-order valence-corrected chi connectivity index (χ4v) is 5.06. The number of carbonyl (C=O) groups excluding carboxylic acids is 1. The molecule has 2 bridgehead atoms. The van der Waals surface area contributed by atoms with Crippen molar-refractivity contribution in [2.75, 3.05) is 13.1 Å². The molecule has 3 nitrogen and oxygen atoms in total. The summed E-state index contributed by atoms with van der Waals surface area (Å²) in [4.78, 5) is 15.1. The van der Waals surface area contributed by atoms with E-state index in [4.69, 9.17) is 0 Å². The van der Waals surface area contributed by atoms with Gasteiger partial charge in [0.25, 0.3) is 0 Å². The molecule has 19 heavy (non-hydrogen) atoms. The number of nitrogens with zero attached hydrogens (tertiary/aromatic N) is 1. The molecule has 4 aliphatic rings. The number of aliphatic hydroxyl groups excluding tert-OH is 1. The first-order valence-electron chi connectivity index (χ1n) is 7.49. The molecule has 0 amide bonds. The molecular weight excluding hydrogens is 238 g/mol. The molecule has 2 fully saturated rings. The molecule has 102 valence electrons. The van der Waals surface area contributed by atoms with Gasteiger partial charge in [-0.25, -0.2) is 0 Å². The Morgan fingerprint density at radius 2 is 2.26 bits per heavy atom. The van der Waals surface area contributed by atoms with Crippen LogP contribution in [-0.2, 0) is 4.79 Å². The predicted octanol–water partition coefficient (Wildman–Crippen LogP) is 1.68. The summed E-state index contributed by atoms with van der Waals surface area (Å²) < 4.78 is 0. The molecule has 1 N–H and O–H groups in total. The molecule has 0 aromatic heterocycles. The molecule has 0 aromatic rings. The van der Waals surface area contributed by atoms with Crippen LogP contribution in [0, 0.1) is 11.8 Å². The van der Waals surface area contributed by atoms with Gasteiger partial charge < -0.3 is 5.11 Å². The van der Waals surface area contributed by atoms with Gasteiger partial charge in [0, 0.05) is 18.4 Å². The van der Waals surface area contributed by atoms with Crippen LogP contribution < -0.4 is 0 Å². The summed E-state index contributed by atoms with van der Waals surface area (Å²) in [6.45, 7) is 4.33. The Balaban J connectivity index is 1.95. The number of carbonyl (C=O) groups is 1. The number of rotatable bonds is 0. The van der Waals surface area contributed by atoms with E-state index in [2.05, 4.69) is 24.0 Å². The third kappa shape index (κ3) is 1.33. The molecule has 2 heterocycles. The zero-order valence-corrected chi connectivity index (χ0v) is 11.4. The topological polar surface area (TPSA) is 40.5 Å². The Morgan fingerprint density at radius 3 is 3.11 bits per heavy atom. The van der Waals surface area contributed by atoms with E-state index < -0.39 is 6.10 Å². The maximum atomic E-state index is 12.6. The molecule has 1 saturated heterocycles. The van der Waals surface area contributed by atoms with Crippen molar-refractivity contribution in [1.82, 2.24) is 4.90 Å². The Labute approximate surface area is 114 Å². The van der Waals surface area contributed by atoms with Crippen LogP contribution in [-0.4, -0.2) is 40.5 Å². The smallest absolute Gasteiger partial charge is 0.167 e. The Hall–Kier alpha value is -0.930. The minimum absolute atomic E-state index is 0.0164. The number of hydrogen-bond acceptors (Lipinski definition) is 3. The highest BCUT2D eigenvalue weighted by atomic mass is 16.3. The van der Waals surface area contributed by atoms with Crippen LogP contribution in [0.15, 0.2) is 23.3 Å². The largest absolute Gasteiger partial charge is 0.384 e. The molecule has 2 aliphatic carbocycles. The molecule has 2 aliphatic heterocycles. The van der Waals surface area contributed by atoms with Gasteiger partial charge in [0.1, 0.15) is 6.10 Å². The summed E-state index contributed by atoms with van der Waals surface area (Å²) in [6.07, 6.45) is 7.73. The summed E-state index contributed by atoms with van der Waals surface area (Å²) in [5, 5.41) is 10.4. The zero-order valence-electron chi connectivity index (χ0n) is 11.4. The maximum absolute atomic E-state index is 12.6. The van der Waals surface area contributed by atoms with Crippen LogP contribution in [0.25, 0.3) is 0 Å². The average molecular weight is 259 g/mol. The second kappa shape index (κ2) is 3.80. The molecule has 3 heteroatoms. The monoisotopic (exact) mass is 259 g/mol. The third-order valence-electron chi connectivity index (χ3n) is 5.67. The van der Waals surface area contributed by atoms with Gasteiger partial charge in [0.15, 0.2) is 5.78 Å². The zero-order chi connectivity index (χ0) is 13.2. The number of aliphatic hydroxyl groups is 1. The van der Waals surface area contributed by atoms with E-state index in [9.17, 15) is 9.90 Å². The highest BCUT2D eigenvalue weighted by Crippen LogP contribution is 2.55. The van der Waals surface area contributed by atoms with Gasteiger partial charge in [-0.05, 0) is 44.7 Å². The van der Waals surface area contributed by atoms with Gasteiger partial charge in [-0.1, -0.05) is 17.7 Å². The third-order valence-corrected chi connectivity index (χ3v) is 5.67. The second-order valence-corrected chi connectivity index (χ2v) is 6.62. The second-order valence-electron chi connectivity index (χ2n) is 6.62. The lowest BCUT2D eigenvalue weighted by Gasteiger charge is -2.61. The van der Waals surface area contributed by atoms with Crippen LogP contribution in [0.3, 0.4) is 0 Å². The van der Waals surface area contributed by atoms with Crippen molar-refractivity contribution in [3.63, 3.8) is 0 Å². The molecular formula is C16H21NO2. The van der Waals surface area contributed by atoms with Crippen molar-refractivity contribution < 1.29 is 9.90 Å². The van der Waals surface area contributed by atoms with E-state index in [-0.39, 0.29) is 23.2 Å². The fraction of sp³-hybridized carbons (Fsp3) is 0.688. The summed E-state index contributed by atoms with van der Waals surface area (Å²) in [5.41, 5.74) is 2.62. The van der Waals surface area contributed by atoms with Crippen molar-refractivity contribution in [3.8, 4) is 0 Å². The van der Waals surface area contributed by atoms with Gasteiger partial charge in [-0.15, -0.1) is 0 Å². The predicted molar refractivity (Wildman–Crippen MR) is 72.6 cm³/mol. The number of piperidine rings is 1. The Morgan fingerprint density at radius 1 is 1.42 bits per heavy atom. The van der Waals surface area contributed by atoms with Crippen molar-refractivity contribution in [3.05, 3.63) is 23.3 Å². The lowest BCUT2D eigenvalue weighted by atomic mass is 9.54. The van der Waals surface area contributed by atoms with E-state index in [0.29, 0.717) is 0 Å². The number of Topliss-reactive ketones (excluding diaryl/α,β-unsaturated/α-hetero) is 1. The molecule has 1 spiro atoms. The average Bonchev–Trinajstić information content (AvgIpc) is 2.40. The molecule has 0 aromatic carbocycles. The summed E-state index contributed by atoms with van der Waals surface area (Å²) >= 11 is 0. The van der Waals surface area contributed by atoms with Crippen LogP contribution in [0.1, 0.15) is 32.6 Å². The highest BCUT2D eigenvalue weighted by Gasteiger charge is 2.60. The van der Waals surface area contributed by atoms with E-state index >= 15 is 0 Å². The van der Waals surface area contributed by atoms with Gasteiger partial charge in [0.05, 0.1) is 5.54 Å². The van der Waals surface area contributed by atoms with Crippen molar-refractivity contribution in [2.24, 2.45) is 11.8 Å². The molecule has 4 atom stereocenters. The van der Waals surface area contributed by atoms with Gasteiger partial charge in [-0.3, -0.25) is 9.69 Å². The van der Waals surface area contributed by atoms with E-state index in [0.717, 1.165) is 38.8 Å². The Bertz CT molecular complexity index is 507. The van der Waals surface area contributed by atoms with Crippen LogP contribution in [0.5, 0.6) is 0 Å². The summed E-state index contributed by atoms with van der Waals surface area (Å²) in [6, 6.07) is 0. The first kappa shape index (κ1) is 11.9.